The summed E-state index contributed by atoms with van der Waals surface area (Å²) < 4.78 is 4.77. The molecule has 2 N–H and O–H groups in total. The SMILES string of the molecule is COC(=O)C(C)(C)Cc1ccc(CN)cc1. The van der Waals surface area contributed by atoms with E-state index in [0.717, 1.165) is 11.1 Å². The minimum absolute atomic E-state index is 0.185. The summed E-state index contributed by atoms with van der Waals surface area (Å²) >= 11 is 0. The Morgan fingerprint density at radius 1 is 1.25 bits per heavy atom. The number of benzene rings is 1. The van der Waals surface area contributed by atoms with Crippen LogP contribution in [0.2, 0.25) is 0 Å². The van der Waals surface area contributed by atoms with Crippen molar-refractivity contribution >= 4 is 5.97 Å². The van der Waals surface area contributed by atoms with Gasteiger partial charge in [0.15, 0.2) is 0 Å². The minimum Gasteiger partial charge on any atom is -0.469 e. The lowest BCUT2D eigenvalue weighted by molar-refractivity contribution is -0.150. The molecule has 0 unspecified atom stereocenters. The van der Waals surface area contributed by atoms with Crippen LogP contribution in [0.25, 0.3) is 0 Å². The van der Waals surface area contributed by atoms with Crippen molar-refractivity contribution in [3.63, 3.8) is 0 Å². The van der Waals surface area contributed by atoms with Crippen molar-refractivity contribution in [2.45, 2.75) is 26.8 Å². The van der Waals surface area contributed by atoms with Crippen molar-refractivity contribution in [2.24, 2.45) is 11.1 Å². The van der Waals surface area contributed by atoms with Crippen LogP contribution in [0.1, 0.15) is 25.0 Å². The molecule has 88 valence electrons. The number of carbonyl (C=O) groups excluding carboxylic acids is 1. The molecule has 0 heterocycles. The number of nitrogens with two attached hydrogens (primary N) is 1. The summed E-state index contributed by atoms with van der Waals surface area (Å²) in [6.45, 7) is 4.31. The van der Waals surface area contributed by atoms with Crippen LogP contribution in [0.4, 0.5) is 0 Å². The maximum Gasteiger partial charge on any atom is 0.311 e. The first-order valence-electron chi connectivity index (χ1n) is 5.36. The normalized spacial score (nSPS) is 11.2. The summed E-state index contributed by atoms with van der Waals surface area (Å²) in [5.41, 5.74) is 7.25. The van der Waals surface area contributed by atoms with E-state index < -0.39 is 5.41 Å². The predicted octanol–water partition coefficient (Wildman–Crippen LogP) is 1.89. The van der Waals surface area contributed by atoms with Crippen LogP contribution in [0.5, 0.6) is 0 Å². The molecule has 3 nitrogen and oxygen atoms in total. The Morgan fingerprint density at radius 2 is 1.75 bits per heavy atom. The van der Waals surface area contributed by atoms with Crippen molar-refractivity contribution in [3.8, 4) is 0 Å². The summed E-state index contributed by atoms with van der Waals surface area (Å²) in [4.78, 5) is 11.5. The van der Waals surface area contributed by atoms with E-state index >= 15 is 0 Å². The Labute approximate surface area is 96.6 Å². The molecule has 0 saturated heterocycles. The molecule has 0 spiro atoms. The van der Waals surface area contributed by atoms with Gasteiger partial charge in [-0.25, -0.2) is 0 Å². The van der Waals surface area contributed by atoms with Gasteiger partial charge in [-0.15, -0.1) is 0 Å². The topological polar surface area (TPSA) is 52.3 Å². The monoisotopic (exact) mass is 221 g/mol. The van der Waals surface area contributed by atoms with Crippen LogP contribution in [-0.2, 0) is 22.5 Å². The van der Waals surface area contributed by atoms with E-state index in [1.807, 2.05) is 38.1 Å². The summed E-state index contributed by atoms with van der Waals surface area (Å²) in [5, 5.41) is 0. The third kappa shape index (κ3) is 3.07. The smallest absolute Gasteiger partial charge is 0.311 e. The molecule has 1 aromatic carbocycles. The van der Waals surface area contributed by atoms with Crippen molar-refractivity contribution in [2.75, 3.05) is 7.11 Å². The first-order chi connectivity index (χ1) is 7.49. The molecule has 0 aromatic heterocycles. The van der Waals surface area contributed by atoms with Crippen LogP contribution >= 0.6 is 0 Å². The highest BCUT2D eigenvalue weighted by Gasteiger charge is 2.28. The van der Waals surface area contributed by atoms with E-state index in [0.29, 0.717) is 13.0 Å². The maximum absolute atomic E-state index is 11.5. The van der Waals surface area contributed by atoms with Crippen LogP contribution in [0.3, 0.4) is 0 Å². The standard InChI is InChI=1S/C13H19NO2/c1-13(2,12(15)16-3)8-10-4-6-11(9-14)7-5-10/h4-7H,8-9,14H2,1-3H3. The zero-order valence-corrected chi connectivity index (χ0v) is 10.1. The Balaban J connectivity index is 2.76. The fourth-order valence-electron chi connectivity index (χ4n) is 1.65. The Bertz CT molecular complexity index is 355. The van der Waals surface area contributed by atoms with Gasteiger partial charge in [0.1, 0.15) is 0 Å². The van der Waals surface area contributed by atoms with E-state index in [9.17, 15) is 4.79 Å². The first-order valence-corrected chi connectivity index (χ1v) is 5.36. The number of methoxy groups -OCH3 is 1. The van der Waals surface area contributed by atoms with Crippen molar-refractivity contribution < 1.29 is 9.53 Å². The fraction of sp³-hybridized carbons (Fsp3) is 0.462. The van der Waals surface area contributed by atoms with Crippen molar-refractivity contribution in [1.82, 2.24) is 0 Å². The van der Waals surface area contributed by atoms with Gasteiger partial charge in [-0.2, -0.15) is 0 Å². The van der Waals surface area contributed by atoms with Gasteiger partial charge >= 0.3 is 5.97 Å². The van der Waals surface area contributed by atoms with Gasteiger partial charge in [-0.3, -0.25) is 4.79 Å². The molecule has 0 atom stereocenters. The third-order valence-electron chi connectivity index (χ3n) is 2.64. The predicted molar refractivity (Wildman–Crippen MR) is 63.8 cm³/mol. The largest absolute Gasteiger partial charge is 0.469 e. The van der Waals surface area contributed by atoms with E-state index in [2.05, 4.69) is 0 Å². The van der Waals surface area contributed by atoms with Crippen molar-refractivity contribution in [3.05, 3.63) is 35.4 Å². The number of carbonyl (C=O) groups is 1. The number of ether oxygens (including phenoxy) is 1. The van der Waals surface area contributed by atoms with Crippen molar-refractivity contribution in [1.29, 1.82) is 0 Å². The molecule has 16 heavy (non-hydrogen) atoms. The average molecular weight is 221 g/mol. The molecule has 0 bridgehead atoms. The molecule has 1 rings (SSSR count). The highest BCUT2D eigenvalue weighted by Crippen LogP contribution is 2.23. The molecular weight excluding hydrogens is 202 g/mol. The molecule has 0 aliphatic rings. The highest BCUT2D eigenvalue weighted by atomic mass is 16.5. The first kappa shape index (κ1) is 12.7. The van der Waals surface area contributed by atoms with Crippen LogP contribution < -0.4 is 5.73 Å². The van der Waals surface area contributed by atoms with Crippen LogP contribution in [0.15, 0.2) is 24.3 Å². The Hall–Kier alpha value is -1.35. The van der Waals surface area contributed by atoms with Gasteiger partial charge in [0, 0.05) is 6.54 Å². The molecular formula is C13H19NO2. The maximum atomic E-state index is 11.5. The second-order valence-electron chi connectivity index (χ2n) is 4.57. The quantitative estimate of drug-likeness (QED) is 0.790. The van der Waals surface area contributed by atoms with Gasteiger partial charge in [0.2, 0.25) is 0 Å². The number of hydrogen-bond acceptors (Lipinski definition) is 3. The number of rotatable bonds is 4. The summed E-state index contributed by atoms with van der Waals surface area (Å²) in [6.07, 6.45) is 0.671. The summed E-state index contributed by atoms with van der Waals surface area (Å²) in [6, 6.07) is 7.99. The molecule has 0 fully saturated rings. The van der Waals surface area contributed by atoms with Crippen LogP contribution in [0, 0.1) is 5.41 Å². The molecule has 0 saturated carbocycles. The van der Waals surface area contributed by atoms with E-state index in [4.69, 9.17) is 10.5 Å². The van der Waals surface area contributed by atoms with Gasteiger partial charge in [-0.05, 0) is 31.4 Å². The molecule has 0 radical (unpaired) electrons. The lowest BCUT2D eigenvalue weighted by atomic mass is 9.85. The highest BCUT2D eigenvalue weighted by molar-refractivity contribution is 5.76. The lowest BCUT2D eigenvalue weighted by Gasteiger charge is -2.21. The fourth-order valence-corrected chi connectivity index (χ4v) is 1.65. The Kier molecular flexibility index (Phi) is 4.07. The van der Waals surface area contributed by atoms with E-state index in [1.165, 1.54) is 7.11 Å². The Morgan fingerprint density at radius 3 is 2.19 bits per heavy atom. The average Bonchev–Trinajstić information content (AvgIpc) is 2.28. The van der Waals surface area contributed by atoms with Gasteiger partial charge in [0.05, 0.1) is 12.5 Å². The zero-order chi connectivity index (χ0) is 12.2. The lowest BCUT2D eigenvalue weighted by Crippen LogP contribution is -2.27. The van der Waals surface area contributed by atoms with E-state index in [1.54, 1.807) is 0 Å². The molecule has 0 aliphatic carbocycles. The number of hydrogen-bond donors (Lipinski definition) is 1. The van der Waals surface area contributed by atoms with Gasteiger partial charge in [-0.1, -0.05) is 24.3 Å². The second-order valence-corrected chi connectivity index (χ2v) is 4.57. The molecule has 0 amide bonds. The third-order valence-corrected chi connectivity index (χ3v) is 2.64. The summed E-state index contributed by atoms with van der Waals surface area (Å²) in [7, 11) is 1.42. The minimum atomic E-state index is -0.487. The zero-order valence-electron chi connectivity index (χ0n) is 10.1. The molecule has 1 aromatic rings. The second kappa shape index (κ2) is 5.12. The molecule has 3 heteroatoms. The van der Waals surface area contributed by atoms with Crippen LogP contribution in [-0.4, -0.2) is 13.1 Å². The van der Waals surface area contributed by atoms with E-state index in [-0.39, 0.29) is 5.97 Å². The number of esters is 1. The van der Waals surface area contributed by atoms with Gasteiger partial charge in [0.25, 0.3) is 0 Å². The summed E-state index contributed by atoms with van der Waals surface area (Å²) in [5.74, 6) is -0.185. The van der Waals surface area contributed by atoms with Gasteiger partial charge < -0.3 is 10.5 Å². The molecule has 0 aliphatic heterocycles.